The van der Waals surface area contributed by atoms with E-state index < -0.39 is 5.82 Å². The van der Waals surface area contributed by atoms with Crippen molar-refractivity contribution in [1.82, 2.24) is 19.4 Å². The molecule has 1 aliphatic rings. The highest BCUT2D eigenvalue weighted by molar-refractivity contribution is 6.30. The number of fused-ring (bicyclic) bond motifs is 1. The molecule has 0 atom stereocenters. The number of aryl methyl sites for hydroxylation is 1. The molecule has 0 spiro atoms. The number of aromatic nitrogens is 3. The quantitative estimate of drug-likeness (QED) is 0.373. The Balaban J connectivity index is 1.33. The summed E-state index contributed by atoms with van der Waals surface area (Å²) in [4.78, 5) is 30.5. The number of para-hydroxylation sites is 2. The molecule has 37 heavy (non-hydrogen) atoms. The Kier molecular flexibility index (Phi) is 7.02. The van der Waals surface area contributed by atoms with Gasteiger partial charge in [-0.1, -0.05) is 23.7 Å². The van der Waals surface area contributed by atoms with Gasteiger partial charge in [-0.2, -0.15) is 0 Å². The Morgan fingerprint density at radius 3 is 2.59 bits per heavy atom. The second-order valence-corrected chi connectivity index (χ2v) is 9.95. The number of nitrogens with zero attached hydrogens (tertiary/aromatic N) is 3. The molecule has 1 aliphatic carbocycles. The number of amides is 1. The van der Waals surface area contributed by atoms with Gasteiger partial charge in [-0.25, -0.2) is 9.18 Å². The summed E-state index contributed by atoms with van der Waals surface area (Å²) in [6, 6.07) is 13.8. The van der Waals surface area contributed by atoms with Gasteiger partial charge in [0.05, 0.1) is 40.1 Å². The van der Waals surface area contributed by atoms with E-state index in [-0.39, 0.29) is 23.4 Å². The van der Waals surface area contributed by atoms with Gasteiger partial charge in [0.15, 0.2) is 11.6 Å². The van der Waals surface area contributed by atoms with Crippen LogP contribution in [0.5, 0.6) is 5.75 Å². The van der Waals surface area contributed by atoms with E-state index in [1.54, 1.807) is 34.3 Å². The number of hydrogen-bond acceptors (Lipinski definition) is 4. The first-order valence-electron chi connectivity index (χ1n) is 12.3. The summed E-state index contributed by atoms with van der Waals surface area (Å²) >= 11 is 6.02. The third kappa shape index (κ3) is 4.98. The van der Waals surface area contributed by atoms with Gasteiger partial charge >= 0.3 is 5.69 Å². The molecule has 1 saturated carbocycles. The molecule has 4 aromatic rings. The molecule has 5 rings (SSSR count). The van der Waals surface area contributed by atoms with E-state index in [1.165, 1.54) is 19.4 Å². The highest BCUT2D eigenvalue weighted by Crippen LogP contribution is 2.28. The lowest BCUT2D eigenvalue weighted by Crippen LogP contribution is -2.39. The van der Waals surface area contributed by atoms with Crippen molar-refractivity contribution in [2.24, 2.45) is 5.92 Å². The number of ether oxygens (including phenoxy) is 1. The SMILES string of the molecule is COc1cc(-n2c(=O)n(CC3CCC(NC(=O)c4cc(Cl)cnc4C)CC3)c3ccccc32)ccc1F. The smallest absolute Gasteiger partial charge is 0.333 e. The second-order valence-electron chi connectivity index (χ2n) is 9.51. The van der Waals surface area contributed by atoms with Crippen LogP contribution in [0.15, 0.2) is 59.5 Å². The summed E-state index contributed by atoms with van der Waals surface area (Å²) < 4.78 is 22.5. The van der Waals surface area contributed by atoms with Crippen LogP contribution in [-0.4, -0.2) is 33.2 Å². The molecule has 7 nitrogen and oxygen atoms in total. The zero-order valence-corrected chi connectivity index (χ0v) is 21.5. The van der Waals surface area contributed by atoms with Crippen molar-refractivity contribution in [3.63, 3.8) is 0 Å². The van der Waals surface area contributed by atoms with Crippen LogP contribution >= 0.6 is 11.6 Å². The predicted molar refractivity (Wildman–Crippen MR) is 141 cm³/mol. The largest absolute Gasteiger partial charge is 0.494 e. The summed E-state index contributed by atoms with van der Waals surface area (Å²) in [5, 5.41) is 3.55. The molecule has 2 heterocycles. The number of rotatable bonds is 6. The summed E-state index contributed by atoms with van der Waals surface area (Å²) in [5.74, 6) is -0.258. The number of imidazole rings is 1. The number of halogens is 2. The van der Waals surface area contributed by atoms with Gasteiger partial charge in [-0.05, 0) is 68.9 Å². The van der Waals surface area contributed by atoms with Crippen molar-refractivity contribution in [1.29, 1.82) is 0 Å². The summed E-state index contributed by atoms with van der Waals surface area (Å²) in [6.07, 6.45) is 4.95. The molecule has 0 aliphatic heterocycles. The van der Waals surface area contributed by atoms with E-state index in [0.717, 1.165) is 36.7 Å². The molecule has 0 bridgehead atoms. The van der Waals surface area contributed by atoms with Crippen LogP contribution in [0.25, 0.3) is 16.7 Å². The summed E-state index contributed by atoms with van der Waals surface area (Å²) in [5.41, 5.74) is 3.10. The maximum Gasteiger partial charge on any atom is 0.333 e. The van der Waals surface area contributed by atoms with Crippen LogP contribution < -0.4 is 15.7 Å². The molecular formula is C28H28ClFN4O3. The van der Waals surface area contributed by atoms with Crippen molar-refractivity contribution in [2.75, 3.05) is 7.11 Å². The summed E-state index contributed by atoms with van der Waals surface area (Å²) in [6.45, 7) is 2.36. The van der Waals surface area contributed by atoms with Gasteiger partial charge in [0.1, 0.15) is 0 Å². The van der Waals surface area contributed by atoms with E-state index in [2.05, 4.69) is 10.3 Å². The molecule has 0 unspecified atom stereocenters. The zero-order chi connectivity index (χ0) is 26.1. The first-order chi connectivity index (χ1) is 17.9. The Hall–Kier alpha value is -3.65. The fourth-order valence-electron chi connectivity index (χ4n) is 5.17. The average Bonchev–Trinajstić information content (AvgIpc) is 3.18. The minimum atomic E-state index is -0.478. The minimum Gasteiger partial charge on any atom is -0.494 e. The number of hydrogen-bond donors (Lipinski definition) is 1. The fraction of sp³-hybridized carbons (Fsp3) is 0.321. The van der Waals surface area contributed by atoms with Crippen LogP contribution in [0.4, 0.5) is 4.39 Å². The fourth-order valence-corrected chi connectivity index (χ4v) is 5.33. The van der Waals surface area contributed by atoms with Crippen LogP contribution in [0, 0.1) is 18.7 Å². The minimum absolute atomic E-state index is 0.0619. The molecule has 192 valence electrons. The lowest BCUT2D eigenvalue weighted by atomic mass is 9.85. The average molecular weight is 523 g/mol. The normalized spacial score (nSPS) is 17.6. The van der Waals surface area contributed by atoms with Crippen molar-refractivity contribution in [3.8, 4) is 11.4 Å². The number of pyridine rings is 1. The van der Waals surface area contributed by atoms with Crippen molar-refractivity contribution in [3.05, 3.63) is 87.3 Å². The van der Waals surface area contributed by atoms with Crippen LogP contribution in [0.3, 0.4) is 0 Å². The molecule has 0 radical (unpaired) electrons. The van der Waals surface area contributed by atoms with Gasteiger partial charge in [-0.15, -0.1) is 0 Å². The van der Waals surface area contributed by atoms with Gasteiger partial charge < -0.3 is 10.1 Å². The third-order valence-corrected chi connectivity index (χ3v) is 7.36. The number of nitrogens with one attached hydrogen (secondary N) is 1. The Labute approximate surface area is 218 Å². The monoisotopic (exact) mass is 522 g/mol. The molecule has 9 heteroatoms. The molecule has 1 amide bonds. The standard InChI is InChI=1S/C28H28ClFN4O3/c1-17-22(13-19(29)15-31-17)27(35)32-20-9-7-18(8-10-20)16-33-24-5-3-4-6-25(24)34(28(33)36)21-11-12-23(30)26(14-21)37-2/h3-6,11-15,18,20H,7-10,16H2,1-2H3,(H,32,35). The van der Waals surface area contributed by atoms with E-state index in [4.69, 9.17) is 16.3 Å². The molecule has 1 N–H and O–H groups in total. The maximum atomic E-state index is 14.0. The van der Waals surface area contributed by atoms with Gasteiger partial charge in [0, 0.05) is 24.8 Å². The third-order valence-electron chi connectivity index (χ3n) is 7.15. The van der Waals surface area contributed by atoms with Crippen molar-refractivity contribution < 1.29 is 13.9 Å². The predicted octanol–water partition coefficient (Wildman–Crippen LogP) is 5.29. The summed E-state index contributed by atoms with van der Waals surface area (Å²) in [7, 11) is 1.40. The van der Waals surface area contributed by atoms with E-state index >= 15 is 0 Å². The second kappa shape index (κ2) is 10.4. The highest BCUT2D eigenvalue weighted by Gasteiger charge is 2.26. The number of benzene rings is 2. The Morgan fingerprint density at radius 1 is 1.14 bits per heavy atom. The van der Waals surface area contributed by atoms with Gasteiger partial charge in [0.25, 0.3) is 5.91 Å². The molecule has 1 fully saturated rings. The molecule has 2 aromatic heterocycles. The van der Waals surface area contributed by atoms with Crippen molar-refractivity contribution in [2.45, 2.75) is 45.2 Å². The lowest BCUT2D eigenvalue weighted by Gasteiger charge is -2.29. The van der Waals surface area contributed by atoms with Gasteiger partial charge in [-0.3, -0.25) is 18.9 Å². The number of carbonyl (C=O) groups is 1. The van der Waals surface area contributed by atoms with E-state index in [0.29, 0.717) is 34.4 Å². The van der Waals surface area contributed by atoms with Crippen LogP contribution in [0.1, 0.15) is 41.7 Å². The first kappa shape index (κ1) is 25.0. The maximum absolute atomic E-state index is 14.0. The zero-order valence-electron chi connectivity index (χ0n) is 20.7. The number of carbonyl (C=O) groups excluding carboxylic acids is 1. The van der Waals surface area contributed by atoms with Crippen LogP contribution in [-0.2, 0) is 6.54 Å². The molecule has 0 saturated heterocycles. The Morgan fingerprint density at radius 2 is 1.86 bits per heavy atom. The van der Waals surface area contributed by atoms with E-state index in [1.807, 2.05) is 24.3 Å². The topological polar surface area (TPSA) is 78.1 Å². The van der Waals surface area contributed by atoms with Gasteiger partial charge in [0.2, 0.25) is 0 Å². The Bertz CT molecular complexity index is 1520. The van der Waals surface area contributed by atoms with E-state index in [9.17, 15) is 14.0 Å². The highest BCUT2D eigenvalue weighted by atomic mass is 35.5. The van der Waals surface area contributed by atoms with Crippen molar-refractivity contribution >= 4 is 28.5 Å². The number of methoxy groups -OCH3 is 1. The van der Waals surface area contributed by atoms with Crippen LogP contribution in [0.2, 0.25) is 5.02 Å². The lowest BCUT2D eigenvalue weighted by molar-refractivity contribution is 0.0919. The first-order valence-corrected chi connectivity index (χ1v) is 12.7. The molecule has 2 aromatic carbocycles. The molecular weight excluding hydrogens is 495 g/mol.